The van der Waals surface area contributed by atoms with E-state index in [1.54, 1.807) is 12.1 Å². The number of nitrogens with zero attached hydrogens (tertiary/aromatic N) is 1. The summed E-state index contributed by atoms with van der Waals surface area (Å²) >= 11 is 0. The number of rotatable bonds is 5. The fraction of sp³-hybridized carbons (Fsp3) is 0.533. The monoisotopic (exact) mass is 278 g/mol. The molecule has 1 atom stereocenters. The van der Waals surface area contributed by atoms with Crippen LogP contribution in [0.15, 0.2) is 24.3 Å². The zero-order valence-electron chi connectivity index (χ0n) is 11.8. The normalized spacial score (nSPS) is 16.9. The van der Waals surface area contributed by atoms with Crippen LogP contribution in [0.25, 0.3) is 0 Å². The van der Waals surface area contributed by atoms with Gasteiger partial charge in [0.2, 0.25) is 5.91 Å². The standard InChI is InChI=1S/C15H22N2O3/c1-12(13-2-4-14(18)5-3-13)16-7-6-15(19)17-8-10-20-11-9-17/h2-5,12,16,18H,6-11H2,1H3. The van der Waals surface area contributed by atoms with E-state index in [1.807, 2.05) is 24.0 Å². The van der Waals surface area contributed by atoms with E-state index < -0.39 is 0 Å². The number of hydrogen-bond acceptors (Lipinski definition) is 4. The maximum Gasteiger partial charge on any atom is 0.224 e. The highest BCUT2D eigenvalue weighted by molar-refractivity contribution is 5.76. The molecule has 1 aliphatic heterocycles. The third-order valence-electron chi connectivity index (χ3n) is 3.55. The maximum atomic E-state index is 12.0. The number of ether oxygens (including phenoxy) is 1. The molecule has 2 rings (SSSR count). The first-order valence-electron chi connectivity index (χ1n) is 7.04. The zero-order chi connectivity index (χ0) is 14.4. The van der Waals surface area contributed by atoms with Crippen molar-refractivity contribution in [1.82, 2.24) is 10.2 Å². The van der Waals surface area contributed by atoms with Crippen molar-refractivity contribution in [3.05, 3.63) is 29.8 Å². The molecule has 5 nitrogen and oxygen atoms in total. The predicted molar refractivity (Wildman–Crippen MR) is 76.5 cm³/mol. The molecule has 2 N–H and O–H groups in total. The number of phenolic OH excluding ortho intramolecular Hbond substituents is 1. The van der Waals surface area contributed by atoms with Crippen LogP contribution in [0.4, 0.5) is 0 Å². The van der Waals surface area contributed by atoms with Gasteiger partial charge in [-0.05, 0) is 24.6 Å². The average Bonchev–Trinajstić information content (AvgIpc) is 2.48. The smallest absolute Gasteiger partial charge is 0.224 e. The Morgan fingerprint density at radius 3 is 2.65 bits per heavy atom. The van der Waals surface area contributed by atoms with E-state index in [2.05, 4.69) is 5.32 Å². The van der Waals surface area contributed by atoms with Crippen molar-refractivity contribution in [1.29, 1.82) is 0 Å². The summed E-state index contributed by atoms with van der Waals surface area (Å²) in [7, 11) is 0. The number of carbonyl (C=O) groups excluding carboxylic acids is 1. The first kappa shape index (κ1) is 14.8. The number of hydrogen-bond donors (Lipinski definition) is 2. The Bertz CT molecular complexity index is 427. The molecule has 1 aliphatic rings. The summed E-state index contributed by atoms with van der Waals surface area (Å²) < 4.78 is 5.23. The van der Waals surface area contributed by atoms with Gasteiger partial charge in [0.15, 0.2) is 0 Å². The van der Waals surface area contributed by atoms with Gasteiger partial charge in [0.05, 0.1) is 13.2 Å². The molecular formula is C15H22N2O3. The first-order chi connectivity index (χ1) is 9.66. The molecular weight excluding hydrogens is 256 g/mol. The van der Waals surface area contributed by atoms with Gasteiger partial charge < -0.3 is 20.1 Å². The Balaban J connectivity index is 1.72. The highest BCUT2D eigenvalue weighted by Crippen LogP contribution is 2.16. The second-order valence-corrected chi connectivity index (χ2v) is 5.01. The summed E-state index contributed by atoms with van der Waals surface area (Å²) in [6, 6.07) is 7.28. The van der Waals surface area contributed by atoms with Crippen LogP contribution >= 0.6 is 0 Å². The molecule has 0 radical (unpaired) electrons. The minimum absolute atomic E-state index is 0.160. The van der Waals surface area contributed by atoms with Crippen molar-refractivity contribution in [2.24, 2.45) is 0 Å². The second-order valence-electron chi connectivity index (χ2n) is 5.01. The minimum Gasteiger partial charge on any atom is -0.508 e. The lowest BCUT2D eigenvalue weighted by Gasteiger charge is -2.27. The van der Waals surface area contributed by atoms with Gasteiger partial charge in [0.25, 0.3) is 0 Å². The Morgan fingerprint density at radius 2 is 2.00 bits per heavy atom. The van der Waals surface area contributed by atoms with E-state index >= 15 is 0 Å². The molecule has 0 spiro atoms. The quantitative estimate of drug-likeness (QED) is 0.852. The molecule has 0 saturated carbocycles. The largest absolute Gasteiger partial charge is 0.508 e. The predicted octanol–water partition coefficient (Wildman–Crippen LogP) is 1.29. The summed E-state index contributed by atoms with van der Waals surface area (Å²) in [4.78, 5) is 13.8. The first-order valence-corrected chi connectivity index (χ1v) is 7.04. The van der Waals surface area contributed by atoms with Gasteiger partial charge in [-0.3, -0.25) is 4.79 Å². The number of amides is 1. The van der Waals surface area contributed by atoms with E-state index in [1.165, 1.54) is 0 Å². The highest BCUT2D eigenvalue weighted by Gasteiger charge is 2.16. The van der Waals surface area contributed by atoms with Crippen molar-refractivity contribution >= 4 is 5.91 Å². The Labute approximate surface area is 119 Å². The third-order valence-corrected chi connectivity index (χ3v) is 3.55. The Kier molecular flexibility index (Phi) is 5.38. The van der Waals surface area contributed by atoms with Crippen LogP contribution in [0.3, 0.4) is 0 Å². The van der Waals surface area contributed by atoms with Crippen LogP contribution in [0, 0.1) is 0 Å². The molecule has 20 heavy (non-hydrogen) atoms. The number of benzene rings is 1. The molecule has 0 aliphatic carbocycles. The lowest BCUT2D eigenvalue weighted by molar-refractivity contribution is -0.135. The van der Waals surface area contributed by atoms with Crippen LogP contribution in [0.5, 0.6) is 5.75 Å². The van der Waals surface area contributed by atoms with Gasteiger partial charge in [0, 0.05) is 32.1 Å². The molecule has 1 fully saturated rings. The molecule has 1 aromatic carbocycles. The van der Waals surface area contributed by atoms with Gasteiger partial charge in [-0.15, -0.1) is 0 Å². The van der Waals surface area contributed by atoms with E-state index in [4.69, 9.17) is 4.74 Å². The van der Waals surface area contributed by atoms with Crippen LogP contribution in [-0.2, 0) is 9.53 Å². The number of carbonyl (C=O) groups is 1. The molecule has 1 heterocycles. The van der Waals surface area contributed by atoms with Crippen LogP contribution < -0.4 is 5.32 Å². The fourth-order valence-electron chi connectivity index (χ4n) is 2.25. The Hall–Kier alpha value is -1.59. The van der Waals surface area contributed by atoms with Crippen molar-refractivity contribution in [2.45, 2.75) is 19.4 Å². The number of phenols is 1. The lowest BCUT2D eigenvalue weighted by Crippen LogP contribution is -2.41. The molecule has 1 aromatic rings. The molecule has 0 aromatic heterocycles. The number of morpholine rings is 1. The van der Waals surface area contributed by atoms with E-state index in [0.29, 0.717) is 39.3 Å². The fourth-order valence-corrected chi connectivity index (χ4v) is 2.25. The molecule has 1 amide bonds. The molecule has 1 unspecified atom stereocenters. The third kappa shape index (κ3) is 4.21. The summed E-state index contributed by atoms with van der Waals surface area (Å²) in [6.07, 6.45) is 0.502. The van der Waals surface area contributed by atoms with Gasteiger partial charge in [-0.1, -0.05) is 12.1 Å². The second kappa shape index (κ2) is 7.26. The number of nitrogens with one attached hydrogen (secondary N) is 1. The molecule has 1 saturated heterocycles. The molecule has 5 heteroatoms. The number of aromatic hydroxyl groups is 1. The highest BCUT2D eigenvalue weighted by atomic mass is 16.5. The van der Waals surface area contributed by atoms with Gasteiger partial charge in [-0.2, -0.15) is 0 Å². The summed E-state index contributed by atoms with van der Waals surface area (Å²) in [5.74, 6) is 0.446. The topological polar surface area (TPSA) is 61.8 Å². The van der Waals surface area contributed by atoms with Gasteiger partial charge >= 0.3 is 0 Å². The van der Waals surface area contributed by atoms with Crippen molar-refractivity contribution in [2.75, 3.05) is 32.8 Å². The van der Waals surface area contributed by atoms with E-state index in [9.17, 15) is 9.90 Å². The van der Waals surface area contributed by atoms with Gasteiger partial charge in [0.1, 0.15) is 5.75 Å². The van der Waals surface area contributed by atoms with E-state index in [0.717, 1.165) is 5.56 Å². The molecule has 110 valence electrons. The maximum absolute atomic E-state index is 12.0. The van der Waals surface area contributed by atoms with Crippen LogP contribution in [0.1, 0.15) is 24.9 Å². The summed E-state index contributed by atoms with van der Waals surface area (Å²) in [5, 5.41) is 12.6. The lowest BCUT2D eigenvalue weighted by atomic mass is 10.1. The Morgan fingerprint density at radius 1 is 1.35 bits per heavy atom. The minimum atomic E-state index is 0.160. The van der Waals surface area contributed by atoms with Crippen molar-refractivity contribution < 1.29 is 14.6 Å². The zero-order valence-corrected chi connectivity index (χ0v) is 11.8. The van der Waals surface area contributed by atoms with Crippen LogP contribution in [0.2, 0.25) is 0 Å². The molecule has 0 bridgehead atoms. The van der Waals surface area contributed by atoms with E-state index in [-0.39, 0.29) is 17.7 Å². The van der Waals surface area contributed by atoms with Crippen molar-refractivity contribution in [3.8, 4) is 5.75 Å². The summed E-state index contributed by atoms with van der Waals surface area (Å²) in [6.45, 7) is 5.38. The SMILES string of the molecule is CC(NCCC(=O)N1CCOCC1)c1ccc(O)cc1. The van der Waals surface area contributed by atoms with Crippen molar-refractivity contribution in [3.63, 3.8) is 0 Å². The van der Waals surface area contributed by atoms with Gasteiger partial charge in [-0.25, -0.2) is 0 Å². The average molecular weight is 278 g/mol. The van der Waals surface area contributed by atoms with Crippen LogP contribution in [-0.4, -0.2) is 48.8 Å². The summed E-state index contributed by atoms with van der Waals surface area (Å²) in [5.41, 5.74) is 1.10.